The number of fused-ring (bicyclic) bond motifs is 1. The minimum Gasteiger partial charge on any atom is -0.328 e. The van der Waals surface area contributed by atoms with Crippen molar-refractivity contribution in [3.63, 3.8) is 0 Å². The molecule has 4 nitrogen and oxygen atoms in total. The highest BCUT2D eigenvalue weighted by atomic mass is 15.5. The van der Waals surface area contributed by atoms with Gasteiger partial charge in [0.2, 0.25) is 0 Å². The summed E-state index contributed by atoms with van der Waals surface area (Å²) >= 11 is 0. The highest BCUT2D eigenvalue weighted by molar-refractivity contribution is 5.74. The molecule has 1 atom stereocenters. The second-order valence-corrected chi connectivity index (χ2v) is 4.04. The van der Waals surface area contributed by atoms with E-state index in [1.807, 2.05) is 28.9 Å². The van der Waals surface area contributed by atoms with E-state index in [1.165, 1.54) is 0 Å². The summed E-state index contributed by atoms with van der Waals surface area (Å²) in [5, 5.41) is 8.33. The number of aromatic nitrogens is 3. The van der Waals surface area contributed by atoms with Crippen LogP contribution in [0, 0.1) is 0 Å². The number of hydrogen-bond donors (Lipinski definition) is 1. The summed E-state index contributed by atoms with van der Waals surface area (Å²) < 4.78 is 1.93. The predicted molar refractivity (Wildman–Crippen MR) is 60.5 cm³/mol. The van der Waals surface area contributed by atoms with Gasteiger partial charge in [-0.2, -0.15) is 0 Å². The van der Waals surface area contributed by atoms with Crippen LogP contribution in [0.1, 0.15) is 20.3 Å². The maximum atomic E-state index is 5.81. The molecule has 15 heavy (non-hydrogen) atoms. The fourth-order valence-corrected chi connectivity index (χ4v) is 1.65. The average Bonchev–Trinajstić information content (AvgIpc) is 2.72. The molecule has 0 amide bonds. The lowest BCUT2D eigenvalue weighted by Crippen LogP contribution is -2.38. The smallest absolute Gasteiger partial charge is 0.113 e. The first-order valence-corrected chi connectivity index (χ1v) is 5.22. The molecule has 1 aromatic carbocycles. The molecule has 1 heterocycles. The van der Waals surface area contributed by atoms with Gasteiger partial charge in [-0.05, 0) is 25.5 Å². The van der Waals surface area contributed by atoms with Crippen molar-refractivity contribution in [2.24, 2.45) is 5.73 Å². The van der Waals surface area contributed by atoms with Crippen molar-refractivity contribution in [2.45, 2.75) is 25.8 Å². The molecule has 0 fully saturated rings. The van der Waals surface area contributed by atoms with Gasteiger partial charge in [-0.15, -0.1) is 5.10 Å². The van der Waals surface area contributed by atoms with E-state index in [0.717, 1.165) is 17.5 Å². The molecule has 1 unspecified atom stereocenters. The lowest BCUT2D eigenvalue weighted by molar-refractivity contribution is 0.288. The van der Waals surface area contributed by atoms with Crippen molar-refractivity contribution in [3.05, 3.63) is 24.3 Å². The summed E-state index contributed by atoms with van der Waals surface area (Å²) in [7, 11) is 0. The van der Waals surface area contributed by atoms with E-state index in [4.69, 9.17) is 5.73 Å². The Labute approximate surface area is 89.1 Å². The van der Waals surface area contributed by atoms with Crippen LogP contribution in [0.25, 0.3) is 11.0 Å². The van der Waals surface area contributed by atoms with E-state index in [0.29, 0.717) is 6.54 Å². The van der Waals surface area contributed by atoms with Gasteiger partial charge >= 0.3 is 0 Å². The van der Waals surface area contributed by atoms with Crippen LogP contribution < -0.4 is 5.73 Å². The Bertz CT molecular complexity index is 456. The minimum absolute atomic E-state index is 0.143. The lowest BCUT2D eigenvalue weighted by Gasteiger charge is -2.26. The summed E-state index contributed by atoms with van der Waals surface area (Å²) in [5.41, 5.74) is 7.64. The highest BCUT2D eigenvalue weighted by Crippen LogP contribution is 2.22. The van der Waals surface area contributed by atoms with Gasteiger partial charge in [-0.25, -0.2) is 4.68 Å². The summed E-state index contributed by atoms with van der Waals surface area (Å²) in [6, 6.07) is 7.95. The van der Waals surface area contributed by atoms with Crippen LogP contribution in [0.3, 0.4) is 0 Å². The van der Waals surface area contributed by atoms with Crippen LogP contribution in [0.15, 0.2) is 24.3 Å². The van der Waals surface area contributed by atoms with E-state index >= 15 is 0 Å². The highest BCUT2D eigenvalue weighted by Gasteiger charge is 2.25. The first-order valence-electron chi connectivity index (χ1n) is 5.22. The third kappa shape index (κ3) is 1.51. The molecule has 0 saturated heterocycles. The number of rotatable bonds is 3. The van der Waals surface area contributed by atoms with Crippen molar-refractivity contribution >= 4 is 11.0 Å². The number of nitrogens with two attached hydrogens (primary N) is 1. The van der Waals surface area contributed by atoms with Crippen LogP contribution >= 0.6 is 0 Å². The molecule has 80 valence electrons. The number of para-hydroxylation sites is 1. The molecule has 2 N–H and O–H groups in total. The standard InChI is InChI=1S/C11H16N4/c1-3-11(2,8-12)15-10-7-5-4-6-9(10)13-14-15/h4-7H,3,8,12H2,1-2H3. The molecule has 2 rings (SSSR count). The van der Waals surface area contributed by atoms with Gasteiger partial charge in [0.15, 0.2) is 0 Å². The Morgan fingerprint density at radius 2 is 2.13 bits per heavy atom. The van der Waals surface area contributed by atoms with Gasteiger partial charge in [0, 0.05) is 6.54 Å². The molecule has 0 spiro atoms. The lowest BCUT2D eigenvalue weighted by atomic mass is 9.99. The van der Waals surface area contributed by atoms with Crippen molar-refractivity contribution in [2.75, 3.05) is 6.54 Å². The van der Waals surface area contributed by atoms with Crippen LogP contribution in [-0.2, 0) is 5.54 Å². The zero-order valence-corrected chi connectivity index (χ0v) is 9.14. The van der Waals surface area contributed by atoms with Gasteiger partial charge in [-0.1, -0.05) is 24.3 Å². The van der Waals surface area contributed by atoms with Crippen molar-refractivity contribution in [1.82, 2.24) is 15.0 Å². The zero-order valence-electron chi connectivity index (χ0n) is 9.14. The summed E-state index contributed by atoms with van der Waals surface area (Å²) in [6.07, 6.45) is 0.941. The zero-order chi connectivity index (χ0) is 10.9. The monoisotopic (exact) mass is 204 g/mol. The summed E-state index contributed by atoms with van der Waals surface area (Å²) in [6.45, 7) is 4.79. The Morgan fingerprint density at radius 3 is 2.80 bits per heavy atom. The average molecular weight is 204 g/mol. The van der Waals surface area contributed by atoms with E-state index in [9.17, 15) is 0 Å². The Kier molecular flexibility index (Phi) is 2.44. The SMILES string of the molecule is CCC(C)(CN)n1nnc2ccccc21. The normalized spacial score (nSPS) is 15.4. The van der Waals surface area contributed by atoms with Crippen molar-refractivity contribution < 1.29 is 0 Å². The number of benzene rings is 1. The van der Waals surface area contributed by atoms with Crippen LogP contribution in [0.4, 0.5) is 0 Å². The molecule has 1 aromatic heterocycles. The fraction of sp³-hybridized carbons (Fsp3) is 0.455. The van der Waals surface area contributed by atoms with Gasteiger partial charge < -0.3 is 5.73 Å². The van der Waals surface area contributed by atoms with Crippen LogP contribution in [-0.4, -0.2) is 21.5 Å². The van der Waals surface area contributed by atoms with E-state index in [2.05, 4.69) is 24.2 Å². The molecular formula is C11H16N4. The maximum absolute atomic E-state index is 5.81. The third-order valence-electron chi connectivity index (χ3n) is 3.06. The minimum atomic E-state index is -0.143. The molecule has 4 heteroatoms. The molecule has 0 aliphatic rings. The third-order valence-corrected chi connectivity index (χ3v) is 3.06. The van der Waals surface area contributed by atoms with Gasteiger partial charge in [0.05, 0.1) is 11.1 Å². The number of hydrogen-bond acceptors (Lipinski definition) is 3. The Morgan fingerprint density at radius 1 is 1.40 bits per heavy atom. The first kappa shape index (κ1) is 10.1. The molecular weight excluding hydrogens is 188 g/mol. The molecule has 2 aromatic rings. The molecule has 0 bridgehead atoms. The van der Waals surface area contributed by atoms with Crippen molar-refractivity contribution in [1.29, 1.82) is 0 Å². The Hall–Kier alpha value is -1.42. The molecule has 0 saturated carbocycles. The van der Waals surface area contributed by atoms with Gasteiger partial charge in [0.1, 0.15) is 5.52 Å². The van der Waals surface area contributed by atoms with Crippen LogP contribution in [0.2, 0.25) is 0 Å². The van der Waals surface area contributed by atoms with Gasteiger partial charge in [0.25, 0.3) is 0 Å². The molecule has 0 aliphatic heterocycles. The summed E-state index contributed by atoms with van der Waals surface area (Å²) in [4.78, 5) is 0. The van der Waals surface area contributed by atoms with E-state index in [-0.39, 0.29) is 5.54 Å². The van der Waals surface area contributed by atoms with Crippen molar-refractivity contribution in [3.8, 4) is 0 Å². The quantitative estimate of drug-likeness (QED) is 0.824. The molecule has 0 aliphatic carbocycles. The largest absolute Gasteiger partial charge is 0.328 e. The molecule has 0 radical (unpaired) electrons. The first-order chi connectivity index (χ1) is 7.21. The second kappa shape index (κ2) is 3.62. The van der Waals surface area contributed by atoms with E-state index in [1.54, 1.807) is 0 Å². The summed E-state index contributed by atoms with van der Waals surface area (Å²) in [5.74, 6) is 0. The van der Waals surface area contributed by atoms with Gasteiger partial charge in [-0.3, -0.25) is 0 Å². The fourth-order valence-electron chi connectivity index (χ4n) is 1.65. The van der Waals surface area contributed by atoms with E-state index < -0.39 is 0 Å². The second-order valence-electron chi connectivity index (χ2n) is 4.04. The topological polar surface area (TPSA) is 56.7 Å². The van der Waals surface area contributed by atoms with Crippen LogP contribution in [0.5, 0.6) is 0 Å². The predicted octanol–water partition coefficient (Wildman–Crippen LogP) is 1.52. The maximum Gasteiger partial charge on any atom is 0.113 e. The Balaban J connectivity index is 2.61. The number of nitrogens with zero attached hydrogens (tertiary/aromatic N) is 3.